The minimum atomic E-state index is -0.376. The summed E-state index contributed by atoms with van der Waals surface area (Å²) in [4.78, 5) is 39.4. The smallest absolute Gasteiger partial charge is 0.341 e. The molecule has 2 aliphatic rings. The second-order valence-electron chi connectivity index (χ2n) is 7.32. The van der Waals surface area contributed by atoms with Crippen LogP contribution in [-0.2, 0) is 27.2 Å². The number of thiophene rings is 1. The van der Waals surface area contributed by atoms with Gasteiger partial charge in [-0.05, 0) is 43.6 Å². The maximum absolute atomic E-state index is 12.7. The molecule has 1 aromatic rings. The van der Waals surface area contributed by atoms with Crippen molar-refractivity contribution < 1.29 is 19.1 Å². The molecule has 0 spiro atoms. The molecule has 1 saturated heterocycles. The van der Waals surface area contributed by atoms with E-state index in [4.69, 9.17) is 4.74 Å². The van der Waals surface area contributed by atoms with Crippen LogP contribution in [0.3, 0.4) is 0 Å². The van der Waals surface area contributed by atoms with Crippen LogP contribution in [0, 0.1) is 11.8 Å². The van der Waals surface area contributed by atoms with Gasteiger partial charge >= 0.3 is 5.97 Å². The number of esters is 1. The van der Waals surface area contributed by atoms with Crippen molar-refractivity contribution in [2.45, 2.75) is 46.0 Å². The number of rotatable bonds is 3. The van der Waals surface area contributed by atoms with E-state index in [9.17, 15) is 14.4 Å². The third kappa shape index (κ3) is 3.77. The Kier molecular flexibility index (Phi) is 5.65. The SMILES string of the molecule is COC(=O)c1c(NC(=O)C2CCN(C(C)=O)CC2)sc2c1CCC(C)C2. The van der Waals surface area contributed by atoms with Crippen LogP contribution in [0.5, 0.6) is 0 Å². The molecule has 1 aliphatic carbocycles. The first-order chi connectivity index (χ1) is 12.4. The van der Waals surface area contributed by atoms with Gasteiger partial charge in [0.15, 0.2) is 0 Å². The van der Waals surface area contributed by atoms with Crippen molar-refractivity contribution in [3.8, 4) is 0 Å². The fourth-order valence-corrected chi connectivity index (χ4v) is 5.23. The zero-order valence-corrected chi connectivity index (χ0v) is 16.4. The van der Waals surface area contributed by atoms with Crippen molar-refractivity contribution >= 4 is 34.1 Å². The van der Waals surface area contributed by atoms with E-state index in [2.05, 4.69) is 12.2 Å². The van der Waals surface area contributed by atoms with Crippen LogP contribution < -0.4 is 5.32 Å². The minimum absolute atomic E-state index is 0.0527. The van der Waals surface area contributed by atoms with Gasteiger partial charge in [-0.1, -0.05) is 6.92 Å². The summed E-state index contributed by atoms with van der Waals surface area (Å²) >= 11 is 1.51. The highest BCUT2D eigenvalue weighted by Crippen LogP contribution is 2.40. The molecular weight excluding hydrogens is 352 g/mol. The molecule has 0 radical (unpaired) electrons. The number of nitrogens with one attached hydrogen (secondary N) is 1. The van der Waals surface area contributed by atoms with E-state index in [1.807, 2.05) is 0 Å². The third-order valence-electron chi connectivity index (χ3n) is 5.45. The lowest BCUT2D eigenvalue weighted by atomic mass is 9.88. The number of carbonyl (C=O) groups is 3. The molecule has 0 aromatic carbocycles. The van der Waals surface area contributed by atoms with Crippen molar-refractivity contribution in [2.24, 2.45) is 11.8 Å². The molecule has 26 heavy (non-hydrogen) atoms. The summed E-state index contributed by atoms with van der Waals surface area (Å²) in [6.45, 7) is 4.98. The van der Waals surface area contributed by atoms with Gasteiger partial charge in [0.25, 0.3) is 0 Å². The fraction of sp³-hybridized carbons (Fsp3) is 0.632. The lowest BCUT2D eigenvalue weighted by molar-refractivity contribution is -0.132. The molecule has 1 N–H and O–H groups in total. The average Bonchev–Trinajstić information content (AvgIpc) is 2.97. The molecule has 1 fully saturated rings. The molecule has 7 heteroatoms. The minimum Gasteiger partial charge on any atom is -0.465 e. The van der Waals surface area contributed by atoms with E-state index >= 15 is 0 Å². The number of methoxy groups -OCH3 is 1. The van der Waals surface area contributed by atoms with Gasteiger partial charge in [-0.25, -0.2) is 4.79 Å². The number of hydrogen-bond acceptors (Lipinski definition) is 5. The summed E-state index contributed by atoms with van der Waals surface area (Å²) < 4.78 is 4.97. The summed E-state index contributed by atoms with van der Waals surface area (Å²) in [5.41, 5.74) is 1.58. The van der Waals surface area contributed by atoms with Crippen molar-refractivity contribution in [2.75, 3.05) is 25.5 Å². The monoisotopic (exact) mass is 378 g/mol. The molecule has 142 valence electrons. The van der Waals surface area contributed by atoms with Crippen LogP contribution in [0.15, 0.2) is 0 Å². The second kappa shape index (κ2) is 7.78. The Bertz CT molecular complexity index is 719. The summed E-state index contributed by atoms with van der Waals surface area (Å²) in [7, 11) is 1.38. The number of anilines is 1. The van der Waals surface area contributed by atoms with E-state index < -0.39 is 0 Å². The third-order valence-corrected chi connectivity index (χ3v) is 6.62. The predicted octanol–water partition coefficient (Wildman–Crippen LogP) is 2.86. The van der Waals surface area contributed by atoms with E-state index in [-0.39, 0.29) is 23.7 Å². The summed E-state index contributed by atoms with van der Waals surface area (Å²) in [5.74, 6) is 0.0703. The molecule has 2 heterocycles. The van der Waals surface area contributed by atoms with Gasteiger partial charge in [0, 0.05) is 30.8 Å². The van der Waals surface area contributed by atoms with E-state index in [0.29, 0.717) is 42.4 Å². The second-order valence-corrected chi connectivity index (χ2v) is 8.42. The Labute approximate surface area is 157 Å². The topological polar surface area (TPSA) is 75.7 Å². The van der Waals surface area contributed by atoms with Crippen LogP contribution >= 0.6 is 11.3 Å². The standard InChI is InChI=1S/C19H26N2O4S/c1-11-4-5-14-15(10-11)26-18(16(14)19(24)25-3)20-17(23)13-6-8-21(9-7-13)12(2)22/h11,13H,4-10H2,1-3H3,(H,20,23). The lowest BCUT2D eigenvalue weighted by Gasteiger charge is -2.30. The Hall–Kier alpha value is -1.89. The van der Waals surface area contributed by atoms with Crippen LogP contribution in [0.1, 0.15) is 53.9 Å². The number of piperidine rings is 1. The highest BCUT2D eigenvalue weighted by atomic mass is 32.1. The van der Waals surface area contributed by atoms with Crippen LogP contribution in [0.4, 0.5) is 5.00 Å². The van der Waals surface area contributed by atoms with E-state index in [1.54, 1.807) is 11.8 Å². The number of likely N-dealkylation sites (tertiary alicyclic amines) is 1. The zero-order chi connectivity index (χ0) is 18.8. The van der Waals surface area contributed by atoms with E-state index in [0.717, 1.165) is 24.8 Å². The highest BCUT2D eigenvalue weighted by Gasteiger charge is 2.31. The van der Waals surface area contributed by atoms with Crippen LogP contribution in [-0.4, -0.2) is 42.9 Å². The molecular formula is C19H26N2O4S. The Morgan fingerprint density at radius 1 is 1.19 bits per heavy atom. The number of fused-ring (bicyclic) bond motifs is 1. The summed E-state index contributed by atoms with van der Waals surface area (Å²) in [5, 5.41) is 3.61. The largest absolute Gasteiger partial charge is 0.465 e. The van der Waals surface area contributed by atoms with Gasteiger partial charge in [-0.15, -0.1) is 11.3 Å². The van der Waals surface area contributed by atoms with E-state index in [1.165, 1.54) is 23.3 Å². The molecule has 0 saturated carbocycles. The number of nitrogens with zero attached hydrogens (tertiary/aromatic N) is 1. The van der Waals surface area contributed by atoms with Crippen LogP contribution in [0.25, 0.3) is 0 Å². The molecule has 1 aromatic heterocycles. The fourth-order valence-electron chi connectivity index (χ4n) is 3.83. The maximum Gasteiger partial charge on any atom is 0.341 e. The van der Waals surface area contributed by atoms with Gasteiger partial charge in [0.1, 0.15) is 5.00 Å². The predicted molar refractivity (Wildman–Crippen MR) is 100 cm³/mol. The van der Waals surface area contributed by atoms with Crippen molar-refractivity contribution in [1.82, 2.24) is 4.90 Å². The first-order valence-electron chi connectivity index (χ1n) is 9.20. The first-order valence-corrected chi connectivity index (χ1v) is 10.0. The molecule has 0 bridgehead atoms. The zero-order valence-electron chi connectivity index (χ0n) is 15.6. The quantitative estimate of drug-likeness (QED) is 0.821. The number of amides is 2. The normalized spacial score (nSPS) is 20.4. The highest BCUT2D eigenvalue weighted by molar-refractivity contribution is 7.17. The molecule has 6 nitrogen and oxygen atoms in total. The van der Waals surface area contributed by atoms with Gasteiger partial charge in [-0.2, -0.15) is 0 Å². The van der Waals surface area contributed by atoms with Gasteiger partial charge in [0.05, 0.1) is 12.7 Å². The van der Waals surface area contributed by atoms with Gasteiger partial charge in [-0.3, -0.25) is 9.59 Å². The van der Waals surface area contributed by atoms with Crippen molar-refractivity contribution in [3.63, 3.8) is 0 Å². The Balaban J connectivity index is 1.76. The summed E-state index contributed by atoms with van der Waals surface area (Å²) in [6.07, 6.45) is 4.15. The molecule has 1 aliphatic heterocycles. The first kappa shape index (κ1) is 18.9. The number of ether oxygens (including phenoxy) is 1. The Morgan fingerprint density at radius 2 is 1.88 bits per heavy atom. The van der Waals surface area contributed by atoms with Crippen molar-refractivity contribution in [3.05, 3.63) is 16.0 Å². The van der Waals surface area contributed by atoms with Crippen molar-refractivity contribution in [1.29, 1.82) is 0 Å². The van der Waals surface area contributed by atoms with Gasteiger partial charge < -0.3 is 15.0 Å². The molecule has 1 atom stereocenters. The lowest BCUT2D eigenvalue weighted by Crippen LogP contribution is -2.40. The van der Waals surface area contributed by atoms with Gasteiger partial charge in [0.2, 0.25) is 11.8 Å². The molecule has 1 unspecified atom stereocenters. The summed E-state index contributed by atoms with van der Waals surface area (Å²) in [6, 6.07) is 0. The molecule has 2 amide bonds. The molecule has 3 rings (SSSR count). The Morgan fingerprint density at radius 3 is 2.50 bits per heavy atom. The number of carbonyl (C=O) groups excluding carboxylic acids is 3. The number of hydrogen-bond donors (Lipinski definition) is 1. The average molecular weight is 378 g/mol. The van der Waals surface area contributed by atoms with Crippen LogP contribution in [0.2, 0.25) is 0 Å². The maximum atomic E-state index is 12.7.